The number of hydrogen-bond acceptors (Lipinski definition) is 4. The summed E-state index contributed by atoms with van der Waals surface area (Å²) in [7, 11) is -3.58. The van der Waals surface area contributed by atoms with Gasteiger partial charge in [0.05, 0.1) is 10.5 Å². The highest BCUT2D eigenvalue weighted by Gasteiger charge is 2.30. The highest BCUT2D eigenvalue weighted by molar-refractivity contribution is 7.89. The fourth-order valence-electron chi connectivity index (χ4n) is 3.24. The molecule has 1 aliphatic rings. The number of rotatable bonds is 5. The van der Waals surface area contributed by atoms with Crippen LogP contribution in [-0.4, -0.2) is 42.3 Å². The van der Waals surface area contributed by atoms with E-state index in [2.05, 4.69) is 5.32 Å². The molecule has 0 radical (unpaired) electrons. The van der Waals surface area contributed by atoms with Crippen molar-refractivity contribution in [3.8, 4) is 0 Å². The fourth-order valence-corrected chi connectivity index (χ4v) is 4.94. The van der Waals surface area contributed by atoms with Crippen LogP contribution >= 0.6 is 0 Å². The molecule has 0 aromatic heterocycles. The van der Waals surface area contributed by atoms with E-state index in [9.17, 15) is 18.0 Å². The van der Waals surface area contributed by atoms with E-state index in [0.717, 1.165) is 19.3 Å². The Bertz CT molecular complexity index is 969. The molecule has 2 aromatic carbocycles. The van der Waals surface area contributed by atoms with Crippen molar-refractivity contribution in [2.45, 2.75) is 37.1 Å². The van der Waals surface area contributed by atoms with Crippen molar-refractivity contribution in [1.29, 1.82) is 0 Å². The van der Waals surface area contributed by atoms with Gasteiger partial charge in [0.15, 0.2) is 0 Å². The number of nitrogens with one attached hydrogen (secondary N) is 1. The third-order valence-electron chi connectivity index (χ3n) is 4.85. The lowest BCUT2D eigenvalue weighted by Gasteiger charge is -2.32. The standard InChI is InChI=1S/C20H22N2O5S/c1-14-4-2-3-13-22(14)28(26,27)18-11-7-15(8-12-18)19(23)21-17-9-5-16(6-10-17)20(24)25/h5-12,14H,2-4,13H2,1H3,(H,21,23)(H,24,25)/t14-/m0/s1. The van der Waals surface area contributed by atoms with Gasteiger partial charge in [-0.15, -0.1) is 0 Å². The Hall–Kier alpha value is -2.71. The second kappa shape index (κ2) is 8.12. The Morgan fingerprint density at radius 3 is 2.18 bits per heavy atom. The van der Waals surface area contributed by atoms with Crippen molar-refractivity contribution in [3.05, 3.63) is 59.7 Å². The Morgan fingerprint density at radius 1 is 1.00 bits per heavy atom. The molecule has 148 valence electrons. The molecule has 1 saturated heterocycles. The van der Waals surface area contributed by atoms with Crippen molar-refractivity contribution < 1.29 is 23.1 Å². The van der Waals surface area contributed by atoms with Gasteiger partial charge in [0.2, 0.25) is 10.0 Å². The molecular weight excluding hydrogens is 380 g/mol. The maximum Gasteiger partial charge on any atom is 0.335 e. The number of aromatic carboxylic acids is 1. The second-order valence-corrected chi connectivity index (χ2v) is 8.71. The molecule has 0 saturated carbocycles. The lowest BCUT2D eigenvalue weighted by atomic mass is 10.1. The van der Waals surface area contributed by atoms with Crippen LogP contribution in [-0.2, 0) is 10.0 Å². The maximum atomic E-state index is 12.8. The molecule has 8 heteroatoms. The van der Waals surface area contributed by atoms with Crippen LogP contribution in [0.4, 0.5) is 5.69 Å². The van der Waals surface area contributed by atoms with Crippen molar-refractivity contribution >= 4 is 27.6 Å². The molecule has 0 unspecified atom stereocenters. The third-order valence-corrected chi connectivity index (χ3v) is 6.88. The van der Waals surface area contributed by atoms with Gasteiger partial charge in [0, 0.05) is 23.8 Å². The number of carboxylic acids is 1. The molecule has 1 aliphatic heterocycles. The molecule has 1 heterocycles. The van der Waals surface area contributed by atoms with Crippen LogP contribution in [0.3, 0.4) is 0 Å². The van der Waals surface area contributed by atoms with Gasteiger partial charge >= 0.3 is 5.97 Å². The first-order valence-electron chi connectivity index (χ1n) is 9.05. The molecule has 1 fully saturated rings. The number of anilines is 1. The predicted octanol–water partition coefficient (Wildman–Crippen LogP) is 3.20. The lowest BCUT2D eigenvalue weighted by Crippen LogP contribution is -2.41. The molecule has 28 heavy (non-hydrogen) atoms. The van der Waals surface area contributed by atoms with Crippen LogP contribution in [0.5, 0.6) is 0 Å². The van der Waals surface area contributed by atoms with Crippen LogP contribution in [0.2, 0.25) is 0 Å². The summed E-state index contributed by atoms with van der Waals surface area (Å²) in [5.41, 5.74) is 0.890. The summed E-state index contributed by atoms with van der Waals surface area (Å²) >= 11 is 0. The van der Waals surface area contributed by atoms with E-state index in [-0.39, 0.29) is 16.5 Å². The molecule has 2 N–H and O–H groups in total. The molecule has 1 atom stereocenters. The lowest BCUT2D eigenvalue weighted by molar-refractivity contribution is 0.0696. The topological polar surface area (TPSA) is 104 Å². The zero-order valence-electron chi connectivity index (χ0n) is 15.5. The summed E-state index contributed by atoms with van der Waals surface area (Å²) in [5.74, 6) is -1.45. The number of hydrogen-bond donors (Lipinski definition) is 2. The Labute approximate surface area is 164 Å². The van der Waals surface area contributed by atoms with E-state index in [0.29, 0.717) is 17.8 Å². The molecule has 7 nitrogen and oxygen atoms in total. The van der Waals surface area contributed by atoms with Gasteiger partial charge in [0.25, 0.3) is 5.91 Å². The van der Waals surface area contributed by atoms with E-state index in [1.165, 1.54) is 52.8 Å². The second-order valence-electron chi connectivity index (χ2n) is 6.82. The number of amides is 1. The minimum absolute atomic E-state index is 0.0319. The predicted molar refractivity (Wildman–Crippen MR) is 105 cm³/mol. The number of carboxylic acid groups (broad SMARTS) is 1. The van der Waals surface area contributed by atoms with E-state index >= 15 is 0 Å². The third kappa shape index (κ3) is 4.23. The monoisotopic (exact) mass is 402 g/mol. The summed E-state index contributed by atoms with van der Waals surface area (Å²) < 4.78 is 27.2. The van der Waals surface area contributed by atoms with Gasteiger partial charge in [-0.25, -0.2) is 13.2 Å². The van der Waals surface area contributed by atoms with Crippen molar-refractivity contribution in [3.63, 3.8) is 0 Å². The number of benzene rings is 2. The summed E-state index contributed by atoms with van der Waals surface area (Å²) in [6.07, 6.45) is 2.73. The number of nitrogens with zero attached hydrogens (tertiary/aromatic N) is 1. The molecule has 3 rings (SSSR count). The SMILES string of the molecule is C[C@H]1CCCCN1S(=O)(=O)c1ccc(C(=O)Nc2ccc(C(=O)O)cc2)cc1. The maximum absolute atomic E-state index is 12.8. The average Bonchev–Trinajstić information content (AvgIpc) is 2.68. The summed E-state index contributed by atoms with van der Waals surface area (Å²) in [6, 6.07) is 11.6. The normalized spacial score (nSPS) is 17.8. The zero-order valence-corrected chi connectivity index (χ0v) is 16.3. The molecule has 0 aliphatic carbocycles. The van der Waals surface area contributed by atoms with E-state index in [4.69, 9.17) is 5.11 Å². The van der Waals surface area contributed by atoms with E-state index < -0.39 is 21.9 Å². The minimum Gasteiger partial charge on any atom is -0.478 e. The van der Waals surface area contributed by atoms with E-state index in [1.54, 1.807) is 0 Å². The van der Waals surface area contributed by atoms with Gasteiger partial charge in [-0.1, -0.05) is 6.42 Å². The minimum atomic E-state index is -3.58. The first-order valence-corrected chi connectivity index (χ1v) is 10.5. The number of carbonyl (C=O) groups is 2. The van der Waals surface area contributed by atoms with E-state index in [1.807, 2.05) is 6.92 Å². The van der Waals surface area contributed by atoms with Gasteiger partial charge in [-0.05, 0) is 68.3 Å². The molecular formula is C20H22N2O5S. The summed E-state index contributed by atoms with van der Waals surface area (Å²) in [6.45, 7) is 2.42. The highest BCUT2D eigenvalue weighted by atomic mass is 32.2. The van der Waals surface area contributed by atoms with Crippen molar-refractivity contribution in [2.75, 3.05) is 11.9 Å². The van der Waals surface area contributed by atoms with Crippen LogP contribution in [0.15, 0.2) is 53.4 Å². The van der Waals surface area contributed by atoms with Crippen molar-refractivity contribution in [1.82, 2.24) is 4.31 Å². The average molecular weight is 402 g/mol. The Balaban J connectivity index is 1.72. The molecule has 0 bridgehead atoms. The first-order chi connectivity index (χ1) is 13.3. The fraction of sp³-hybridized carbons (Fsp3) is 0.300. The number of carbonyl (C=O) groups excluding carboxylic acids is 1. The molecule has 0 spiro atoms. The Morgan fingerprint density at radius 2 is 1.61 bits per heavy atom. The smallest absolute Gasteiger partial charge is 0.335 e. The quantitative estimate of drug-likeness (QED) is 0.799. The first kappa shape index (κ1) is 20.0. The number of sulfonamides is 1. The van der Waals surface area contributed by atoms with Gasteiger partial charge in [0.1, 0.15) is 0 Å². The van der Waals surface area contributed by atoms with Gasteiger partial charge in [-0.2, -0.15) is 4.31 Å². The number of piperidine rings is 1. The molecule has 2 aromatic rings. The van der Waals surface area contributed by atoms with Gasteiger partial charge in [-0.3, -0.25) is 4.79 Å². The van der Waals surface area contributed by atoms with Crippen LogP contribution < -0.4 is 5.32 Å². The zero-order chi connectivity index (χ0) is 20.3. The largest absolute Gasteiger partial charge is 0.478 e. The van der Waals surface area contributed by atoms with Gasteiger partial charge < -0.3 is 10.4 Å². The highest BCUT2D eigenvalue weighted by Crippen LogP contribution is 2.25. The van der Waals surface area contributed by atoms with Crippen LogP contribution in [0.25, 0.3) is 0 Å². The van der Waals surface area contributed by atoms with Crippen molar-refractivity contribution in [2.24, 2.45) is 0 Å². The summed E-state index contributed by atoms with van der Waals surface area (Å²) in [5, 5.41) is 11.6. The molecule has 1 amide bonds. The Kier molecular flexibility index (Phi) is 5.81. The van der Waals surface area contributed by atoms with Crippen LogP contribution in [0, 0.1) is 0 Å². The summed E-state index contributed by atoms with van der Waals surface area (Å²) in [4.78, 5) is 23.4. The van der Waals surface area contributed by atoms with Crippen LogP contribution in [0.1, 0.15) is 46.9 Å².